The molecule has 0 bridgehead atoms. The number of rotatable bonds is 5. The van der Waals surface area contributed by atoms with Crippen molar-refractivity contribution < 1.29 is 26.7 Å². The molecule has 9 heteroatoms. The third-order valence-electron chi connectivity index (χ3n) is 4.46. The third-order valence-corrected chi connectivity index (χ3v) is 6.35. The first kappa shape index (κ1) is 20.2. The molecule has 1 fully saturated rings. The Labute approximate surface area is 162 Å². The first-order valence-electron chi connectivity index (χ1n) is 8.74. The second-order valence-corrected chi connectivity index (χ2v) is 8.34. The summed E-state index contributed by atoms with van der Waals surface area (Å²) >= 11 is 0. The number of amides is 1. The predicted octanol–water partition coefficient (Wildman–Crippen LogP) is 2.27. The molecule has 1 heterocycles. The van der Waals surface area contributed by atoms with Gasteiger partial charge in [-0.25, -0.2) is 17.2 Å². The lowest BCUT2D eigenvalue weighted by Gasteiger charge is -2.35. The van der Waals surface area contributed by atoms with E-state index in [1.54, 1.807) is 6.92 Å². The summed E-state index contributed by atoms with van der Waals surface area (Å²) in [4.78, 5) is 14.0. The highest BCUT2D eigenvalue weighted by Crippen LogP contribution is 2.19. The highest BCUT2D eigenvalue weighted by Gasteiger charge is 2.32. The SMILES string of the molecule is C[C@@H](Oc1ccc(F)cc1)C(=O)N1CCN(S(=O)(=O)c2cccc(F)c2)CC1. The molecular weight excluding hydrogens is 390 g/mol. The van der Waals surface area contributed by atoms with Gasteiger partial charge in [0.2, 0.25) is 10.0 Å². The Morgan fingerprint density at radius 2 is 1.64 bits per heavy atom. The van der Waals surface area contributed by atoms with E-state index in [1.165, 1.54) is 51.7 Å². The molecule has 0 aromatic heterocycles. The summed E-state index contributed by atoms with van der Waals surface area (Å²) in [5.74, 6) is -0.940. The maximum absolute atomic E-state index is 13.4. The van der Waals surface area contributed by atoms with E-state index in [2.05, 4.69) is 0 Å². The molecule has 1 aliphatic heterocycles. The lowest BCUT2D eigenvalue weighted by Crippen LogP contribution is -2.53. The number of halogens is 2. The summed E-state index contributed by atoms with van der Waals surface area (Å²) in [6.45, 7) is 2.19. The molecule has 150 valence electrons. The van der Waals surface area contributed by atoms with Gasteiger partial charge in [0.25, 0.3) is 5.91 Å². The van der Waals surface area contributed by atoms with Crippen molar-refractivity contribution in [3.8, 4) is 5.75 Å². The summed E-state index contributed by atoms with van der Waals surface area (Å²) in [5.41, 5.74) is 0. The molecule has 0 spiro atoms. The number of sulfonamides is 1. The fourth-order valence-corrected chi connectivity index (χ4v) is 4.40. The Balaban J connectivity index is 1.59. The molecule has 0 unspecified atom stereocenters. The monoisotopic (exact) mass is 410 g/mol. The van der Waals surface area contributed by atoms with Crippen LogP contribution in [0.4, 0.5) is 8.78 Å². The van der Waals surface area contributed by atoms with Gasteiger partial charge in [-0.15, -0.1) is 0 Å². The molecule has 1 saturated heterocycles. The van der Waals surface area contributed by atoms with Crippen molar-refractivity contribution in [2.75, 3.05) is 26.2 Å². The number of carbonyl (C=O) groups is 1. The zero-order valence-electron chi connectivity index (χ0n) is 15.2. The Morgan fingerprint density at radius 1 is 1.00 bits per heavy atom. The van der Waals surface area contributed by atoms with Crippen molar-refractivity contribution in [1.82, 2.24) is 9.21 Å². The van der Waals surface area contributed by atoms with Gasteiger partial charge < -0.3 is 9.64 Å². The van der Waals surface area contributed by atoms with E-state index in [4.69, 9.17) is 4.74 Å². The Hall–Kier alpha value is -2.52. The number of nitrogens with zero attached hydrogens (tertiary/aromatic N) is 2. The van der Waals surface area contributed by atoms with E-state index in [9.17, 15) is 22.0 Å². The van der Waals surface area contributed by atoms with Crippen molar-refractivity contribution >= 4 is 15.9 Å². The summed E-state index contributed by atoms with van der Waals surface area (Å²) in [6.07, 6.45) is -0.795. The van der Waals surface area contributed by atoms with Crippen LogP contribution in [0.15, 0.2) is 53.4 Å². The van der Waals surface area contributed by atoms with Crippen molar-refractivity contribution in [2.45, 2.75) is 17.9 Å². The van der Waals surface area contributed by atoms with E-state index < -0.39 is 27.8 Å². The first-order valence-corrected chi connectivity index (χ1v) is 10.2. The Bertz CT molecular complexity index is 943. The van der Waals surface area contributed by atoms with E-state index in [1.807, 2.05) is 0 Å². The largest absolute Gasteiger partial charge is 0.481 e. The minimum Gasteiger partial charge on any atom is -0.481 e. The predicted molar refractivity (Wildman–Crippen MR) is 98.2 cm³/mol. The summed E-state index contributed by atoms with van der Waals surface area (Å²) < 4.78 is 58.3. The molecule has 2 aromatic carbocycles. The van der Waals surface area contributed by atoms with Gasteiger partial charge in [0, 0.05) is 26.2 Å². The molecule has 0 aliphatic carbocycles. The normalized spacial score (nSPS) is 16.6. The number of benzene rings is 2. The van der Waals surface area contributed by atoms with E-state index >= 15 is 0 Å². The van der Waals surface area contributed by atoms with Gasteiger partial charge >= 0.3 is 0 Å². The van der Waals surface area contributed by atoms with E-state index in [0.717, 1.165) is 6.07 Å². The van der Waals surface area contributed by atoms with Crippen LogP contribution in [-0.2, 0) is 14.8 Å². The van der Waals surface area contributed by atoms with Crippen LogP contribution < -0.4 is 4.74 Å². The first-order chi connectivity index (χ1) is 13.3. The average molecular weight is 410 g/mol. The van der Waals surface area contributed by atoms with Crippen LogP contribution in [0.1, 0.15) is 6.92 Å². The van der Waals surface area contributed by atoms with Gasteiger partial charge in [0.05, 0.1) is 4.90 Å². The molecule has 2 aromatic rings. The van der Waals surface area contributed by atoms with Crippen LogP contribution in [0.5, 0.6) is 5.75 Å². The molecule has 3 rings (SSSR count). The Morgan fingerprint density at radius 3 is 2.25 bits per heavy atom. The van der Waals surface area contributed by atoms with Gasteiger partial charge in [-0.2, -0.15) is 4.31 Å². The molecule has 1 aliphatic rings. The van der Waals surface area contributed by atoms with Crippen LogP contribution in [0.2, 0.25) is 0 Å². The topological polar surface area (TPSA) is 66.9 Å². The number of ether oxygens (including phenoxy) is 1. The van der Waals surface area contributed by atoms with Crippen molar-refractivity contribution in [2.24, 2.45) is 0 Å². The van der Waals surface area contributed by atoms with Gasteiger partial charge in [-0.1, -0.05) is 6.07 Å². The number of piperazine rings is 1. The third kappa shape index (κ3) is 4.48. The fourth-order valence-electron chi connectivity index (χ4n) is 2.95. The summed E-state index contributed by atoms with van der Waals surface area (Å²) in [6, 6.07) is 10.2. The molecule has 0 saturated carbocycles. The van der Waals surface area contributed by atoms with Crippen molar-refractivity contribution in [3.05, 3.63) is 60.2 Å². The second kappa shape index (κ2) is 8.24. The number of hydrogen-bond donors (Lipinski definition) is 0. The summed E-state index contributed by atoms with van der Waals surface area (Å²) in [5, 5.41) is 0. The lowest BCUT2D eigenvalue weighted by atomic mass is 10.2. The van der Waals surface area contributed by atoms with Crippen LogP contribution in [0.3, 0.4) is 0 Å². The number of hydrogen-bond acceptors (Lipinski definition) is 4. The van der Waals surface area contributed by atoms with Crippen molar-refractivity contribution in [1.29, 1.82) is 0 Å². The van der Waals surface area contributed by atoms with Gasteiger partial charge in [0.15, 0.2) is 6.10 Å². The molecule has 0 radical (unpaired) electrons. The van der Waals surface area contributed by atoms with Crippen LogP contribution in [0.25, 0.3) is 0 Å². The molecule has 1 atom stereocenters. The Kier molecular flexibility index (Phi) is 5.95. The molecule has 0 N–H and O–H groups in total. The van der Waals surface area contributed by atoms with Crippen LogP contribution in [-0.4, -0.2) is 55.8 Å². The highest BCUT2D eigenvalue weighted by atomic mass is 32.2. The quantitative estimate of drug-likeness (QED) is 0.759. The minimum atomic E-state index is -3.82. The number of carbonyl (C=O) groups excluding carboxylic acids is 1. The van der Waals surface area contributed by atoms with E-state index in [-0.39, 0.29) is 37.0 Å². The standard InChI is InChI=1S/C19H20F2N2O4S/c1-14(27-17-7-5-15(20)6-8-17)19(24)22-9-11-23(12-10-22)28(25,26)18-4-2-3-16(21)13-18/h2-8,13-14H,9-12H2,1H3/t14-/m1/s1. The minimum absolute atomic E-state index is 0.105. The van der Waals surface area contributed by atoms with Gasteiger partial charge in [-0.05, 0) is 49.4 Å². The van der Waals surface area contributed by atoms with Crippen LogP contribution in [0, 0.1) is 11.6 Å². The highest BCUT2D eigenvalue weighted by molar-refractivity contribution is 7.89. The average Bonchev–Trinajstić information content (AvgIpc) is 2.69. The zero-order chi connectivity index (χ0) is 20.3. The summed E-state index contributed by atoms with van der Waals surface area (Å²) in [7, 11) is -3.82. The van der Waals surface area contributed by atoms with Crippen LogP contribution >= 0.6 is 0 Å². The fraction of sp³-hybridized carbons (Fsp3) is 0.316. The van der Waals surface area contributed by atoms with Gasteiger partial charge in [0.1, 0.15) is 17.4 Å². The molecule has 6 nitrogen and oxygen atoms in total. The zero-order valence-corrected chi connectivity index (χ0v) is 16.0. The molecule has 28 heavy (non-hydrogen) atoms. The smallest absolute Gasteiger partial charge is 0.263 e. The molecule has 1 amide bonds. The van der Waals surface area contributed by atoms with E-state index in [0.29, 0.717) is 5.75 Å². The van der Waals surface area contributed by atoms with Crippen molar-refractivity contribution in [3.63, 3.8) is 0 Å². The van der Waals surface area contributed by atoms with Gasteiger partial charge in [-0.3, -0.25) is 4.79 Å². The lowest BCUT2D eigenvalue weighted by molar-refractivity contribution is -0.139. The molecular formula is C19H20F2N2O4S. The maximum atomic E-state index is 13.4. The maximum Gasteiger partial charge on any atom is 0.263 e. The second-order valence-electron chi connectivity index (χ2n) is 6.40.